The summed E-state index contributed by atoms with van der Waals surface area (Å²) in [6.07, 6.45) is 3.28. The summed E-state index contributed by atoms with van der Waals surface area (Å²) in [4.78, 5) is 31.8. The molecule has 0 aliphatic carbocycles. The van der Waals surface area contributed by atoms with E-state index in [2.05, 4.69) is 4.98 Å². The molecule has 0 saturated carbocycles. The standard InChI is InChI=1S/C19H22ClN3O3/c1-14(24)22-9-2-10-23(12-11-22)19(25)8-7-18-21-13-17(26-18)15-3-5-16(20)6-4-15/h3-6,13H,2,7-12H2,1H3. The molecule has 0 unspecified atom stereocenters. The molecule has 0 bridgehead atoms. The van der Waals surface area contributed by atoms with Crippen molar-refractivity contribution in [3.63, 3.8) is 0 Å². The molecule has 3 rings (SSSR count). The number of halogens is 1. The van der Waals surface area contributed by atoms with Gasteiger partial charge in [-0.1, -0.05) is 11.6 Å². The Kier molecular flexibility index (Phi) is 5.93. The van der Waals surface area contributed by atoms with E-state index in [1.165, 1.54) is 0 Å². The lowest BCUT2D eigenvalue weighted by atomic mass is 10.2. The molecule has 1 fully saturated rings. The van der Waals surface area contributed by atoms with Gasteiger partial charge in [-0.15, -0.1) is 0 Å². The number of aromatic nitrogens is 1. The fourth-order valence-electron chi connectivity index (χ4n) is 3.03. The van der Waals surface area contributed by atoms with Crippen LogP contribution < -0.4 is 0 Å². The van der Waals surface area contributed by atoms with Gasteiger partial charge in [-0.2, -0.15) is 0 Å². The van der Waals surface area contributed by atoms with Gasteiger partial charge in [0.25, 0.3) is 0 Å². The van der Waals surface area contributed by atoms with E-state index in [1.54, 1.807) is 30.2 Å². The molecule has 0 radical (unpaired) electrons. The SMILES string of the molecule is CC(=O)N1CCCN(C(=O)CCc2ncc(-c3ccc(Cl)cc3)o2)CC1. The Hall–Kier alpha value is -2.34. The van der Waals surface area contributed by atoms with E-state index in [4.69, 9.17) is 16.0 Å². The molecule has 1 aliphatic heterocycles. The molecule has 138 valence electrons. The van der Waals surface area contributed by atoms with Gasteiger partial charge in [-0.25, -0.2) is 4.98 Å². The molecule has 7 heteroatoms. The minimum atomic E-state index is 0.0637. The Labute approximate surface area is 157 Å². The first-order chi connectivity index (χ1) is 12.5. The smallest absolute Gasteiger partial charge is 0.223 e. The monoisotopic (exact) mass is 375 g/mol. The van der Waals surface area contributed by atoms with E-state index in [-0.39, 0.29) is 11.8 Å². The number of carbonyl (C=O) groups is 2. The molecule has 0 spiro atoms. The van der Waals surface area contributed by atoms with Crippen LogP contribution >= 0.6 is 11.6 Å². The first kappa shape index (κ1) is 18.5. The second-order valence-electron chi connectivity index (χ2n) is 6.37. The van der Waals surface area contributed by atoms with Crippen LogP contribution in [-0.2, 0) is 16.0 Å². The van der Waals surface area contributed by atoms with Crippen molar-refractivity contribution >= 4 is 23.4 Å². The number of oxazole rings is 1. The fraction of sp³-hybridized carbons (Fsp3) is 0.421. The van der Waals surface area contributed by atoms with Crippen LogP contribution in [0.4, 0.5) is 0 Å². The Bertz CT molecular complexity index is 773. The van der Waals surface area contributed by atoms with E-state index in [9.17, 15) is 9.59 Å². The van der Waals surface area contributed by atoms with Gasteiger partial charge in [-0.3, -0.25) is 9.59 Å². The van der Waals surface area contributed by atoms with Gasteiger partial charge in [0.1, 0.15) is 0 Å². The van der Waals surface area contributed by atoms with Crippen molar-refractivity contribution in [3.05, 3.63) is 41.4 Å². The average Bonchev–Trinajstić information content (AvgIpc) is 2.95. The first-order valence-electron chi connectivity index (χ1n) is 8.77. The third-order valence-electron chi connectivity index (χ3n) is 4.53. The highest BCUT2D eigenvalue weighted by Crippen LogP contribution is 2.22. The summed E-state index contributed by atoms with van der Waals surface area (Å²) in [5, 5.41) is 0.667. The Morgan fingerprint density at radius 1 is 1.12 bits per heavy atom. The van der Waals surface area contributed by atoms with E-state index >= 15 is 0 Å². The maximum absolute atomic E-state index is 12.5. The second kappa shape index (κ2) is 8.36. The molecule has 1 saturated heterocycles. The number of nitrogens with zero attached hydrogens (tertiary/aromatic N) is 3. The van der Waals surface area contributed by atoms with Crippen molar-refractivity contribution in [3.8, 4) is 11.3 Å². The molecule has 2 heterocycles. The predicted molar refractivity (Wildman–Crippen MR) is 98.7 cm³/mol. The van der Waals surface area contributed by atoms with Crippen molar-refractivity contribution in [2.45, 2.75) is 26.2 Å². The van der Waals surface area contributed by atoms with Gasteiger partial charge < -0.3 is 14.2 Å². The lowest BCUT2D eigenvalue weighted by Gasteiger charge is -2.21. The zero-order chi connectivity index (χ0) is 18.5. The summed E-state index contributed by atoms with van der Waals surface area (Å²) in [6.45, 7) is 4.15. The molecule has 6 nitrogen and oxygen atoms in total. The van der Waals surface area contributed by atoms with E-state index in [0.717, 1.165) is 12.0 Å². The number of rotatable bonds is 4. The van der Waals surface area contributed by atoms with Crippen LogP contribution in [0.15, 0.2) is 34.9 Å². The highest BCUT2D eigenvalue weighted by molar-refractivity contribution is 6.30. The topological polar surface area (TPSA) is 66.7 Å². The van der Waals surface area contributed by atoms with Crippen LogP contribution in [-0.4, -0.2) is 52.8 Å². The summed E-state index contributed by atoms with van der Waals surface area (Å²) in [5.41, 5.74) is 0.899. The van der Waals surface area contributed by atoms with E-state index < -0.39 is 0 Å². The molecule has 1 aromatic heterocycles. The van der Waals surface area contributed by atoms with Crippen LogP contribution in [0.2, 0.25) is 5.02 Å². The van der Waals surface area contributed by atoms with Crippen molar-refractivity contribution in [2.75, 3.05) is 26.2 Å². The highest BCUT2D eigenvalue weighted by Gasteiger charge is 2.20. The van der Waals surface area contributed by atoms with Gasteiger partial charge in [-0.05, 0) is 30.7 Å². The average molecular weight is 376 g/mol. The van der Waals surface area contributed by atoms with Crippen LogP contribution in [0.3, 0.4) is 0 Å². The third-order valence-corrected chi connectivity index (χ3v) is 4.78. The molecular formula is C19H22ClN3O3. The molecule has 2 aromatic rings. The first-order valence-corrected chi connectivity index (χ1v) is 9.14. The number of hydrogen-bond acceptors (Lipinski definition) is 4. The minimum absolute atomic E-state index is 0.0637. The van der Waals surface area contributed by atoms with Gasteiger partial charge in [0.15, 0.2) is 11.7 Å². The lowest BCUT2D eigenvalue weighted by Crippen LogP contribution is -2.36. The molecule has 26 heavy (non-hydrogen) atoms. The number of aryl methyl sites for hydroxylation is 1. The molecule has 1 aromatic carbocycles. The fourth-order valence-corrected chi connectivity index (χ4v) is 3.15. The van der Waals surface area contributed by atoms with E-state index in [0.29, 0.717) is 55.7 Å². The normalized spacial score (nSPS) is 15.0. The quantitative estimate of drug-likeness (QED) is 0.823. The van der Waals surface area contributed by atoms with Crippen LogP contribution in [0.5, 0.6) is 0 Å². The van der Waals surface area contributed by atoms with E-state index in [1.807, 2.05) is 17.0 Å². The van der Waals surface area contributed by atoms with Crippen molar-refractivity contribution in [1.29, 1.82) is 0 Å². The van der Waals surface area contributed by atoms with Crippen LogP contribution in [0.1, 0.15) is 25.7 Å². The predicted octanol–water partition coefficient (Wildman–Crippen LogP) is 3.01. The van der Waals surface area contributed by atoms with Crippen molar-refractivity contribution in [1.82, 2.24) is 14.8 Å². The van der Waals surface area contributed by atoms with Crippen molar-refractivity contribution in [2.24, 2.45) is 0 Å². The Balaban J connectivity index is 1.53. The number of benzene rings is 1. The summed E-state index contributed by atoms with van der Waals surface area (Å²) < 4.78 is 5.74. The molecule has 1 aliphatic rings. The maximum Gasteiger partial charge on any atom is 0.223 e. The summed E-state index contributed by atoms with van der Waals surface area (Å²) >= 11 is 5.89. The van der Waals surface area contributed by atoms with Gasteiger partial charge in [0.2, 0.25) is 11.8 Å². The zero-order valence-electron chi connectivity index (χ0n) is 14.8. The summed E-state index contributed by atoms with van der Waals surface area (Å²) in [5.74, 6) is 1.34. The Morgan fingerprint density at radius 3 is 2.54 bits per heavy atom. The van der Waals surface area contributed by atoms with Crippen LogP contribution in [0, 0.1) is 0 Å². The number of hydrogen-bond donors (Lipinski definition) is 0. The van der Waals surface area contributed by atoms with Crippen molar-refractivity contribution < 1.29 is 14.0 Å². The van der Waals surface area contributed by atoms with Gasteiger partial charge in [0, 0.05) is 56.5 Å². The molecule has 0 atom stereocenters. The zero-order valence-corrected chi connectivity index (χ0v) is 15.5. The van der Waals surface area contributed by atoms with Gasteiger partial charge in [0.05, 0.1) is 6.20 Å². The third kappa shape index (κ3) is 4.64. The minimum Gasteiger partial charge on any atom is -0.441 e. The summed E-state index contributed by atoms with van der Waals surface area (Å²) in [6, 6.07) is 7.34. The number of amides is 2. The Morgan fingerprint density at radius 2 is 1.81 bits per heavy atom. The second-order valence-corrected chi connectivity index (χ2v) is 6.80. The van der Waals surface area contributed by atoms with Crippen LogP contribution in [0.25, 0.3) is 11.3 Å². The maximum atomic E-state index is 12.5. The molecular weight excluding hydrogens is 354 g/mol. The van der Waals surface area contributed by atoms with Gasteiger partial charge >= 0.3 is 0 Å². The molecule has 2 amide bonds. The summed E-state index contributed by atoms with van der Waals surface area (Å²) in [7, 11) is 0. The highest BCUT2D eigenvalue weighted by atomic mass is 35.5. The number of carbonyl (C=O) groups excluding carboxylic acids is 2. The molecule has 0 N–H and O–H groups in total. The lowest BCUT2D eigenvalue weighted by molar-refractivity contribution is -0.132. The largest absolute Gasteiger partial charge is 0.441 e.